The zero-order valence-electron chi connectivity index (χ0n) is 17.5. The van der Waals surface area contributed by atoms with E-state index < -0.39 is 5.82 Å². The van der Waals surface area contributed by atoms with E-state index >= 15 is 0 Å². The molecule has 0 unspecified atom stereocenters. The molecule has 0 saturated carbocycles. The summed E-state index contributed by atoms with van der Waals surface area (Å²) in [6.45, 7) is 8.28. The summed E-state index contributed by atoms with van der Waals surface area (Å²) in [5.74, 6) is -0.933. The minimum absolute atomic E-state index is 0.145. The highest BCUT2D eigenvalue weighted by Crippen LogP contribution is 2.27. The van der Waals surface area contributed by atoms with Crippen LogP contribution < -0.4 is 10.6 Å². The third kappa shape index (κ3) is 4.94. The van der Waals surface area contributed by atoms with Crippen molar-refractivity contribution in [1.29, 1.82) is 0 Å². The number of nitrogens with zero attached hydrogens (tertiary/aromatic N) is 2. The standard InChI is InChI=1S/C22H25FN4O2S/c1-13-5-6-17(10-19(13)23)22(29)25-8-7-24-21(28)11-27-14(2)9-18(15(27)3)20-12-30-16(4)26-20/h5-6,9-10,12H,7-8,11H2,1-4H3,(H,24,28)(H,25,29). The van der Waals surface area contributed by atoms with Gasteiger partial charge >= 0.3 is 0 Å². The van der Waals surface area contributed by atoms with Gasteiger partial charge in [-0.3, -0.25) is 9.59 Å². The third-order valence-electron chi connectivity index (χ3n) is 4.94. The van der Waals surface area contributed by atoms with Gasteiger partial charge in [0.15, 0.2) is 0 Å². The van der Waals surface area contributed by atoms with Crippen LogP contribution in [0, 0.1) is 33.5 Å². The van der Waals surface area contributed by atoms with Crippen molar-refractivity contribution in [1.82, 2.24) is 20.2 Å². The van der Waals surface area contributed by atoms with E-state index in [0.29, 0.717) is 5.56 Å². The number of hydrogen-bond acceptors (Lipinski definition) is 4. The average molecular weight is 429 g/mol. The molecule has 1 aromatic carbocycles. The molecule has 2 N–H and O–H groups in total. The number of aryl methyl sites for hydroxylation is 3. The van der Waals surface area contributed by atoms with Gasteiger partial charge in [-0.05, 0) is 51.5 Å². The molecule has 158 valence electrons. The average Bonchev–Trinajstić information content (AvgIpc) is 3.25. The Morgan fingerprint density at radius 3 is 2.50 bits per heavy atom. The van der Waals surface area contributed by atoms with E-state index in [1.165, 1.54) is 6.07 Å². The number of carbonyl (C=O) groups is 2. The molecule has 0 spiro atoms. The Bertz CT molecular complexity index is 1090. The summed E-state index contributed by atoms with van der Waals surface area (Å²) in [4.78, 5) is 29.0. The fourth-order valence-electron chi connectivity index (χ4n) is 3.20. The van der Waals surface area contributed by atoms with Crippen molar-refractivity contribution in [2.24, 2.45) is 0 Å². The number of hydrogen-bond donors (Lipinski definition) is 2. The zero-order valence-corrected chi connectivity index (χ0v) is 18.3. The van der Waals surface area contributed by atoms with Crippen LogP contribution in [-0.4, -0.2) is 34.5 Å². The predicted octanol–water partition coefficient (Wildman–Crippen LogP) is 3.53. The molecule has 2 amide bonds. The topological polar surface area (TPSA) is 76.0 Å². The third-order valence-corrected chi connectivity index (χ3v) is 5.71. The largest absolute Gasteiger partial charge is 0.353 e. The van der Waals surface area contributed by atoms with Crippen LogP contribution in [0.25, 0.3) is 11.3 Å². The number of benzene rings is 1. The number of nitrogens with one attached hydrogen (secondary N) is 2. The Labute approximate surface area is 179 Å². The van der Waals surface area contributed by atoms with Crippen LogP contribution >= 0.6 is 11.3 Å². The summed E-state index contributed by atoms with van der Waals surface area (Å²) in [6, 6.07) is 6.39. The maximum absolute atomic E-state index is 13.6. The Kier molecular flexibility index (Phi) is 6.66. The van der Waals surface area contributed by atoms with E-state index in [2.05, 4.69) is 15.6 Å². The smallest absolute Gasteiger partial charge is 0.251 e. The van der Waals surface area contributed by atoms with Gasteiger partial charge in [0.25, 0.3) is 5.91 Å². The number of aromatic nitrogens is 2. The van der Waals surface area contributed by atoms with Gasteiger partial charge < -0.3 is 15.2 Å². The summed E-state index contributed by atoms with van der Waals surface area (Å²) in [7, 11) is 0. The number of amides is 2. The lowest BCUT2D eigenvalue weighted by Gasteiger charge is -2.11. The van der Waals surface area contributed by atoms with Gasteiger partial charge in [0.1, 0.15) is 12.4 Å². The van der Waals surface area contributed by atoms with Crippen molar-refractivity contribution in [3.63, 3.8) is 0 Å². The van der Waals surface area contributed by atoms with Gasteiger partial charge in [-0.2, -0.15) is 0 Å². The van der Waals surface area contributed by atoms with Crippen molar-refractivity contribution < 1.29 is 14.0 Å². The Hall–Kier alpha value is -3.00. The SMILES string of the molecule is Cc1nc(-c2cc(C)n(CC(=O)NCCNC(=O)c3ccc(C)c(F)c3)c2C)cs1. The fraction of sp³-hybridized carbons (Fsp3) is 0.318. The van der Waals surface area contributed by atoms with Gasteiger partial charge in [-0.25, -0.2) is 9.37 Å². The molecule has 0 saturated heterocycles. The number of halogens is 1. The second kappa shape index (κ2) is 9.21. The molecule has 0 aliphatic rings. The molecule has 0 radical (unpaired) electrons. The number of rotatable bonds is 7. The Morgan fingerprint density at radius 1 is 1.10 bits per heavy atom. The summed E-state index contributed by atoms with van der Waals surface area (Å²) in [5.41, 5.74) is 4.67. The van der Waals surface area contributed by atoms with E-state index in [-0.39, 0.29) is 37.0 Å². The first-order valence-corrected chi connectivity index (χ1v) is 10.5. The first-order chi connectivity index (χ1) is 14.3. The van der Waals surface area contributed by atoms with Crippen LogP contribution in [0.15, 0.2) is 29.6 Å². The lowest BCUT2D eigenvalue weighted by atomic mass is 10.1. The maximum atomic E-state index is 13.6. The summed E-state index contributed by atoms with van der Waals surface area (Å²) >= 11 is 1.60. The molecule has 2 heterocycles. The first kappa shape index (κ1) is 21.7. The molecule has 0 aliphatic heterocycles. The molecular weight excluding hydrogens is 403 g/mol. The summed E-state index contributed by atoms with van der Waals surface area (Å²) < 4.78 is 15.5. The minimum Gasteiger partial charge on any atom is -0.353 e. The van der Waals surface area contributed by atoms with Gasteiger partial charge in [0.05, 0.1) is 10.7 Å². The van der Waals surface area contributed by atoms with Crippen LogP contribution in [0.5, 0.6) is 0 Å². The highest BCUT2D eigenvalue weighted by Gasteiger charge is 2.15. The van der Waals surface area contributed by atoms with E-state index in [1.807, 2.05) is 36.8 Å². The van der Waals surface area contributed by atoms with Gasteiger partial charge in [0, 0.05) is 41.0 Å². The normalized spacial score (nSPS) is 10.8. The lowest BCUT2D eigenvalue weighted by molar-refractivity contribution is -0.121. The molecule has 3 aromatic rings. The molecule has 0 atom stereocenters. The fourth-order valence-corrected chi connectivity index (χ4v) is 3.82. The molecular formula is C22H25FN4O2S. The van der Waals surface area contributed by atoms with Crippen molar-refractivity contribution >= 4 is 23.2 Å². The monoisotopic (exact) mass is 428 g/mol. The maximum Gasteiger partial charge on any atom is 0.251 e. The summed E-state index contributed by atoms with van der Waals surface area (Å²) in [5, 5.41) is 8.51. The Balaban J connectivity index is 1.51. The second-order valence-electron chi connectivity index (χ2n) is 7.19. The van der Waals surface area contributed by atoms with Crippen molar-refractivity contribution in [2.75, 3.05) is 13.1 Å². The van der Waals surface area contributed by atoms with Crippen LogP contribution in [0.2, 0.25) is 0 Å². The molecule has 2 aromatic heterocycles. The lowest BCUT2D eigenvalue weighted by Crippen LogP contribution is -2.36. The van der Waals surface area contributed by atoms with Crippen molar-refractivity contribution in [3.8, 4) is 11.3 Å². The molecule has 3 rings (SSSR count). The molecule has 0 bridgehead atoms. The second-order valence-corrected chi connectivity index (χ2v) is 8.25. The first-order valence-electron chi connectivity index (χ1n) is 9.66. The van der Waals surface area contributed by atoms with Gasteiger partial charge in [0.2, 0.25) is 5.91 Å². The molecule has 30 heavy (non-hydrogen) atoms. The van der Waals surface area contributed by atoms with Gasteiger partial charge in [-0.1, -0.05) is 6.07 Å². The highest BCUT2D eigenvalue weighted by atomic mass is 32.1. The van der Waals surface area contributed by atoms with Crippen LogP contribution in [0.3, 0.4) is 0 Å². The van der Waals surface area contributed by atoms with E-state index in [0.717, 1.165) is 27.7 Å². The minimum atomic E-state index is -0.416. The van der Waals surface area contributed by atoms with Crippen molar-refractivity contribution in [2.45, 2.75) is 34.2 Å². The van der Waals surface area contributed by atoms with Crippen molar-refractivity contribution in [3.05, 3.63) is 63.0 Å². The van der Waals surface area contributed by atoms with E-state index in [4.69, 9.17) is 0 Å². The number of carbonyl (C=O) groups excluding carboxylic acids is 2. The molecule has 0 fully saturated rings. The summed E-state index contributed by atoms with van der Waals surface area (Å²) in [6.07, 6.45) is 0. The Morgan fingerprint density at radius 2 is 1.83 bits per heavy atom. The van der Waals surface area contributed by atoms with Crippen LogP contribution in [0.1, 0.15) is 32.3 Å². The quantitative estimate of drug-likeness (QED) is 0.565. The zero-order chi connectivity index (χ0) is 21.8. The van der Waals surface area contributed by atoms with Gasteiger partial charge in [-0.15, -0.1) is 11.3 Å². The molecule has 8 heteroatoms. The number of thiazole rings is 1. The highest BCUT2D eigenvalue weighted by molar-refractivity contribution is 7.09. The van der Waals surface area contributed by atoms with Crippen LogP contribution in [0.4, 0.5) is 4.39 Å². The van der Waals surface area contributed by atoms with E-state index in [1.54, 1.807) is 30.4 Å². The molecule has 0 aliphatic carbocycles. The predicted molar refractivity (Wildman–Crippen MR) is 116 cm³/mol. The van der Waals surface area contributed by atoms with Crippen LogP contribution in [-0.2, 0) is 11.3 Å². The molecule has 6 nitrogen and oxygen atoms in total. The van der Waals surface area contributed by atoms with E-state index in [9.17, 15) is 14.0 Å².